The standard InChI is InChI=1S/C22H28FN3O2S/c1-13(26-29(27)22(2,3)4)15-9-19(14-5-7-16(23)8-6-14)25-20(10-15)28-21-17-11-24-12-18(17)21/h5-10,13,17-18,21,24,26H,11-12H2,1-4H3/t13?,17-,18+,21-,29?. The van der Waals surface area contributed by atoms with E-state index in [2.05, 4.69) is 15.0 Å². The van der Waals surface area contributed by atoms with Crippen LogP contribution in [0.4, 0.5) is 4.39 Å². The molecule has 2 aromatic rings. The van der Waals surface area contributed by atoms with Crippen molar-refractivity contribution in [1.82, 2.24) is 15.0 Å². The molecule has 1 aromatic carbocycles. The Labute approximate surface area is 174 Å². The smallest absolute Gasteiger partial charge is 0.214 e. The van der Waals surface area contributed by atoms with Crippen molar-refractivity contribution >= 4 is 11.4 Å². The molecule has 1 saturated carbocycles. The van der Waals surface area contributed by atoms with Crippen LogP contribution >= 0.6 is 0 Å². The molecular weight excluding hydrogens is 389 g/mol. The Morgan fingerprint density at radius 1 is 1.21 bits per heavy atom. The lowest BCUT2D eigenvalue weighted by molar-refractivity contribution is 0.251. The number of hydrogen-bond acceptors (Lipinski definition) is 5. The molecule has 1 aliphatic carbocycles. The van der Waals surface area contributed by atoms with Crippen LogP contribution in [0.3, 0.4) is 0 Å². The van der Waals surface area contributed by atoms with Crippen LogP contribution < -0.4 is 14.8 Å². The largest absolute Gasteiger partial charge is 0.598 e. The van der Waals surface area contributed by atoms with Gasteiger partial charge < -0.3 is 14.6 Å². The average Bonchev–Trinajstić information content (AvgIpc) is 3.09. The normalized spacial score (nSPS) is 25.4. The molecule has 1 saturated heterocycles. The number of aromatic nitrogens is 1. The second kappa shape index (κ2) is 7.87. The van der Waals surface area contributed by atoms with Crippen molar-refractivity contribution in [2.24, 2.45) is 11.8 Å². The fraction of sp³-hybridized carbons (Fsp3) is 0.500. The van der Waals surface area contributed by atoms with E-state index >= 15 is 0 Å². The van der Waals surface area contributed by atoms with Gasteiger partial charge >= 0.3 is 0 Å². The van der Waals surface area contributed by atoms with E-state index in [0.717, 1.165) is 29.9 Å². The molecule has 2 N–H and O–H groups in total. The van der Waals surface area contributed by atoms with Crippen molar-refractivity contribution in [1.29, 1.82) is 0 Å². The zero-order chi connectivity index (χ0) is 20.8. The number of rotatable bonds is 6. The van der Waals surface area contributed by atoms with Crippen LogP contribution in [0.25, 0.3) is 11.3 Å². The molecule has 1 aromatic heterocycles. The molecule has 7 heteroatoms. The average molecular weight is 418 g/mol. The Bertz CT molecular complexity index is 861. The summed E-state index contributed by atoms with van der Waals surface area (Å²) in [5.74, 6) is 1.39. The van der Waals surface area contributed by atoms with Gasteiger partial charge in [-0.15, -0.1) is 4.72 Å². The van der Waals surface area contributed by atoms with Gasteiger partial charge in [0.2, 0.25) is 5.88 Å². The van der Waals surface area contributed by atoms with Crippen molar-refractivity contribution in [2.45, 2.75) is 44.6 Å². The number of benzene rings is 1. The van der Waals surface area contributed by atoms with Gasteiger partial charge in [-0.05, 0) is 63.6 Å². The molecule has 2 aliphatic rings. The number of fused-ring (bicyclic) bond motifs is 1. The molecular formula is C22H28FN3O2S. The molecule has 1 aliphatic heterocycles. The van der Waals surface area contributed by atoms with Gasteiger partial charge in [0.15, 0.2) is 0 Å². The lowest BCUT2D eigenvalue weighted by Gasteiger charge is -2.26. The first-order chi connectivity index (χ1) is 13.7. The lowest BCUT2D eigenvalue weighted by atomic mass is 10.1. The second-order valence-electron chi connectivity index (χ2n) is 8.92. The molecule has 0 bridgehead atoms. The molecule has 5 atom stereocenters. The monoisotopic (exact) mass is 417 g/mol. The summed E-state index contributed by atoms with van der Waals surface area (Å²) in [7, 11) is 0. The van der Waals surface area contributed by atoms with Crippen LogP contribution in [0, 0.1) is 17.7 Å². The molecule has 0 amide bonds. The molecule has 4 rings (SSSR count). The number of ether oxygens (including phenoxy) is 1. The SMILES string of the molecule is CC(N[S+]([O-])C(C)(C)C)c1cc(O[C@@H]2[C@@H]3CNC[C@@H]32)nc(-c2ccc(F)cc2)c1. The lowest BCUT2D eigenvalue weighted by Crippen LogP contribution is -2.40. The Morgan fingerprint density at radius 2 is 1.86 bits per heavy atom. The van der Waals surface area contributed by atoms with Gasteiger partial charge in [-0.25, -0.2) is 9.37 Å². The summed E-state index contributed by atoms with van der Waals surface area (Å²) >= 11 is -1.20. The topological polar surface area (TPSA) is 69.2 Å². The number of nitrogens with zero attached hydrogens (tertiary/aromatic N) is 1. The second-order valence-corrected chi connectivity index (χ2v) is 10.9. The summed E-state index contributed by atoms with van der Waals surface area (Å²) in [6.07, 6.45) is 0.201. The molecule has 0 radical (unpaired) electrons. The number of pyridine rings is 1. The van der Waals surface area contributed by atoms with Crippen LogP contribution in [0.5, 0.6) is 5.88 Å². The summed E-state index contributed by atoms with van der Waals surface area (Å²) in [5, 5.41) is 3.37. The Hall–Kier alpha value is -1.67. The van der Waals surface area contributed by atoms with E-state index < -0.39 is 11.4 Å². The van der Waals surface area contributed by atoms with E-state index in [0.29, 0.717) is 17.7 Å². The maximum atomic E-state index is 13.4. The van der Waals surface area contributed by atoms with Gasteiger partial charge in [0.05, 0.1) is 11.7 Å². The highest BCUT2D eigenvalue weighted by Gasteiger charge is 2.55. The van der Waals surface area contributed by atoms with Crippen LogP contribution in [0.15, 0.2) is 36.4 Å². The highest BCUT2D eigenvalue weighted by Crippen LogP contribution is 2.44. The summed E-state index contributed by atoms with van der Waals surface area (Å²) in [5.41, 5.74) is 2.48. The van der Waals surface area contributed by atoms with Crippen molar-refractivity contribution in [3.8, 4) is 17.1 Å². The zero-order valence-electron chi connectivity index (χ0n) is 17.2. The first-order valence-corrected chi connectivity index (χ1v) is 11.2. The van der Waals surface area contributed by atoms with Crippen LogP contribution in [-0.2, 0) is 11.4 Å². The van der Waals surface area contributed by atoms with E-state index in [1.165, 1.54) is 12.1 Å². The number of hydrogen-bond donors (Lipinski definition) is 2. The maximum Gasteiger partial charge on any atom is 0.214 e. The van der Waals surface area contributed by atoms with Crippen LogP contribution in [0.2, 0.25) is 0 Å². The number of piperidine rings is 1. The first-order valence-electron chi connectivity index (χ1n) is 10.1. The molecule has 2 unspecified atom stereocenters. The molecule has 5 nitrogen and oxygen atoms in total. The fourth-order valence-electron chi connectivity index (χ4n) is 3.69. The minimum Gasteiger partial charge on any atom is -0.598 e. The predicted molar refractivity (Wildman–Crippen MR) is 113 cm³/mol. The highest BCUT2D eigenvalue weighted by atomic mass is 32.2. The van der Waals surface area contributed by atoms with Crippen molar-refractivity contribution < 1.29 is 13.7 Å². The maximum absolute atomic E-state index is 13.4. The van der Waals surface area contributed by atoms with E-state index in [1.54, 1.807) is 12.1 Å². The first kappa shape index (κ1) is 20.6. The summed E-state index contributed by atoms with van der Waals surface area (Å²) < 4.78 is 34.9. The quantitative estimate of drug-likeness (QED) is 0.703. The van der Waals surface area contributed by atoms with E-state index in [-0.39, 0.29) is 22.7 Å². The van der Waals surface area contributed by atoms with Gasteiger partial charge in [0, 0.05) is 47.9 Å². The van der Waals surface area contributed by atoms with Crippen molar-refractivity contribution in [3.63, 3.8) is 0 Å². The van der Waals surface area contributed by atoms with E-state index in [4.69, 9.17) is 4.74 Å². The number of halogens is 1. The molecule has 156 valence electrons. The van der Waals surface area contributed by atoms with Crippen LogP contribution in [0.1, 0.15) is 39.3 Å². The van der Waals surface area contributed by atoms with Gasteiger partial charge in [-0.1, -0.05) is 0 Å². The minimum absolute atomic E-state index is 0.153. The molecule has 29 heavy (non-hydrogen) atoms. The zero-order valence-corrected chi connectivity index (χ0v) is 18.1. The highest BCUT2D eigenvalue weighted by molar-refractivity contribution is 7.90. The molecule has 2 fully saturated rings. The third-order valence-corrected chi connectivity index (χ3v) is 7.25. The van der Waals surface area contributed by atoms with Gasteiger partial charge in [-0.2, -0.15) is 0 Å². The summed E-state index contributed by atoms with van der Waals surface area (Å²) in [6.45, 7) is 9.77. The van der Waals surface area contributed by atoms with Gasteiger partial charge in [0.1, 0.15) is 16.7 Å². The minimum atomic E-state index is -1.20. The Kier molecular flexibility index (Phi) is 5.59. The van der Waals surface area contributed by atoms with Gasteiger partial charge in [0.25, 0.3) is 0 Å². The Balaban J connectivity index is 1.61. The molecule has 0 spiro atoms. The van der Waals surface area contributed by atoms with Gasteiger partial charge in [-0.3, -0.25) is 0 Å². The summed E-state index contributed by atoms with van der Waals surface area (Å²) in [6, 6.07) is 10.0. The fourth-order valence-corrected chi connectivity index (χ4v) is 4.50. The van der Waals surface area contributed by atoms with Crippen molar-refractivity contribution in [2.75, 3.05) is 13.1 Å². The van der Waals surface area contributed by atoms with E-state index in [9.17, 15) is 8.94 Å². The van der Waals surface area contributed by atoms with Crippen molar-refractivity contribution in [3.05, 3.63) is 47.8 Å². The third kappa shape index (κ3) is 4.58. The number of nitrogens with one attached hydrogen (secondary N) is 2. The predicted octanol–water partition coefficient (Wildman–Crippen LogP) is 3.60. The molecule has 2 heterocycles. The summed E-state index contributed by atoms with van der Waals surface area (Å²) in [4.78, 5) is 4.68. The Morgan fingerprint density at radius 3 is 2.48 bits per heavy atom. The van der Waals surface area contributed by atoms with Crippen LogP contribution in [-0.4, -0.2) is 33.5 Å². The third-order valence-electron chi connectivity index (χ3n) is 5.57. The van der Waals surface area contributed by atoms with E-state index in [1.807, 2.05) is 39.8 Å².